The highest BCUT2D eigenvalue weighted by Crippen LogP contribution is 2.35. The second-order valence-corrected chi connectivity index (χ2v) is 3.63. The lowest BCUT2D eigenvalue weighted by Crippen LogP contribution is -2.11. The normalized spacial score (nSPS) is 12.7. The Morgan fingerprint density at radius 1 is 1.57 bits per heavy atom. The number of rotatable bonds is 2. The summed E-state index contributed by atoms with van der Waals surface area (Å²) in [6.45, 7) is 3.34. The van der Waals surface area contributed by atoms with Crippen molar-refractivity contribution in [1.82, 2.24) is 0 Å². The van der Waals surface area contributed by atoms with Crippen LogP contribution in [0.15, 0.2) is 6.07 Å². The first-order chi connectivity index (χ1) is 6.49. The summed E-state index contributed by atoms with van der Waals surface area (Å²) < 4.78 is 18.7. The first kappa shape index (κ1) is 11.3. The molecule has 2 nitrogen and oxygen atoms in total. The lowest BCUT2D eigenvalue weighted by Gasteiger charge is -2.15. The van der Waals surface area contributed by atoms with Crippen molar-refractivity contribution in [3.63, 3.8) is 0 Å². The number of aryl methyl sites for hydroxylation is 1. The molecule has 1 atom stereocenters. The van der Waals surface area contributed by atoms with E-state index in [1.54, 1.807) is 13.8 Å². The van der Waals surface area contributed by atoms with Crippen LogP contribution in [0.1, 0.15) is 24.1 Å². The van der Waals surface area contributed by atoms with Gasteiger partial charge in [0.15, 0.2) is 0 Å². The van der Waals surface area contributed by atoms with E-state index in [0.29, 0.717) is 21.9 Å². The van der Waals surface area contributed by atoms with Gasteiger partial charge in [-0.25, -0.2) is 4.39 Å². The summed E-state index contributed by atoms with van der Waals surface area (Å²) in [5.41, 5.74) is 6.46. The summed E-state index contributed by atoms with van der Waals surface area (Å²) in [5, 5.41) is 0.388. The molecule has 4 heteroatoms. The average molecular weight is 218 g/mol. The van der Waals surface area contributed by atoms with E-state index in [-0.39, 0.29) is 5.82 Å². The van der Waals surface area contributed by atoms with Gasteiger partial charge in [-0.2, -0.15) is 0 Å². The van der Waals surface area contributed by atoms with Gasteiger partial charge in [0.05, 0.1) is 12.1 Å². The number of nitrogens with two attached hydrogens (primary N) is 1. The molecule has 1 rings (SSSR count). The monoisotopic (exact) mass is 217 g/mol. The van der Waals surface area contributed by atoms with Gasteiger partial charge in [0.1, 0.15) is 11.6 Å². The lowest BCUT2D eigenvalue weighted by atomic mass is 10.0. The van der Waals surface area contributed by atoms with E-state index < -0.39 is 6.04 Å². The molecule has 0 saturated heterocycles. The lowest BCUT2D eigenvalue weighted by molar-refractivity contribution is 0.400. The van der Waals surface area contributed by atoms with Crippen molar-refractivity contribution in [2.45, 2.75) is 19.9 Å². The second-order valence-electron chi connectivity index (χ2n) is 3.22. The van der Waals surface area contributed by atoms with Crippen LogP contribution in [0.5, 0.6) is 5.75 Å². The molecule has 0 aliphatic rings. The van der Waals surface area contributed by atoms with Crippen molar-refractivity contribution < 1.29 is 9.13 Å². The number of halogens is 2. The van der Waals surface area contributed by atoms with Gasteiger partial charge in [0.25, 0.3) is 0 Å². The molecule has 0 saturated carbocycles. The SMILES string of the molecule is COc1c(Cl)cc(C)c(F)c1C(C)N. The Hall–Kier alpha value is -0.800. The third-order valence-corrected chi connectivity index (χ3v) is 2.33. The van der Waals surface area contributed by atoms with Crippen LogP contribution in [0.4, 0.5) is 4.39 Å². The Labute approximate surface area is 87.8 Å². The quantitative estimate of drug-likeness (QED) is 0.827. The third kappa shape index (κ3) is 1.83. The second kappa shape index (κ2) is 4.15. The van der Waals surface area contributed by atoms with Gasteiger partial charge in [-0.05, 0) is 25.5 Å². The summed E-state index contributed by atoms with van der Waals surface area (Å²) in [5.74, 6) is -0.0222. The zero-order valence-corrected chi connectivity index (χ0v) is 9.15. The van der Waals surface area contributed by atoms with Gasteiger partial charge in [0, 0.05) is 11.6 Å². The predicted molar refractivity (Wildman–Crippen MR) is 55.3 cm³/mol. The van der Waals surface area contributed by atoms with E-state index in [9.17, 15) is 4.39 Å². The third-order valence-electron chi connectivity index (χ3n) is 2.05. The molecule has 0 heterocycles. The van der Waals surface area contributed by atoms with Gasteiger partial charge in [-0.3, -0.25) is 0 Å². The Balaban J connectivity index is 3.48. The van der Waals surface area contributed by atoms with Gasteiger partial charge >= 0.3 is 0 Å². The Morgan fingerprint density at radius 3 is 2.57 bits per heavy atom. The van der Waals surface area contributed by atoms with Crippen LogP contribution in [0.3, 0.4) is 0 Å². The molecule has 0 bridgehead atoms. The highest BCUT2D eigenvalue weighted by Gasteiger charge is 2.18. The zero-order chi connectivity index (χ0) is 10.9. The fourth-order valence-electron chi connectivity index (χ4n) is 1.37. The Kier molecular flexibility index (Phi) is 3.34. The molecule has 0 aliphatic heterocycles. The first-order valence-electron chi connectivity index (χ1n) is 4.27. The van der Waals surface area contributed by atoms with E-state index in [4.69, 9.17) is 22.1 Å². The molecule has 0 spiro atoms. The molecule has 1 unspecified atom stereocenters. The molecule has 0 fully saturated rings. The highest BCUT2D eigenvalue weighted by molar-refractivity contribution is 6.32. The summed E-state index contributed by atoms with van der Waals surface area (Å²) >= 11 is 5.90. The number of ether oxygens (including phenoxy) is 1. The summed E-state index contributed by atoms with van der Waals surface area (Å²) in [4.78, 5) is 0. The van der Waals surface area contributed by atoms with Gasteiger partial charge < -0.3 is 10.5 Å². The molecule has 0 aliphatic carbocycles. The van der Waals surface area contributed by atoms with Crippen molar-refractivity contribution in [3.05, 3.63) is 28.0 Å². The number of benzene rings is 1. The summed E-state index contributed by atoms with van der Waals surface area (Å²) in [7, 11) is 1.45. The van der Waals surface area contributed by atoms with Crippen molar-refractivity contribution in [2.24, 2.45) is 5.73 Å². The van der Waals surface area contributed by atoms with Crippen LogP contribution in [0, 0.1) is 12.7 Å². The molecule has 0 amide bonds. The fourth-order valence-corrected chi connectivity index (χ4v) is 1.72. The van der Waals surface area contributed by atoms with Crippen molar-refractivity contribution in [2.75, 3.05) is 7.11 Å². The fraction of sp³-hybridized carbons (Fsp3) is 0.400. The van der Waals surface area contributed by atoms with E-state index >= 15 is 0 Å². The van der Waals surface area contributed by atoms with Crippen molar-refractivity contribution in [3.8, 4) is 5.75 Å². The summed E-state index contributed by atoms with van der Waals surface area (Å²) in [6.07, 6.45) is 0. The maximum Gasteiger partial charge on any atom is 0.145 e. The van der Waals surface area contributed by atoms with Crippen molar-refractivity contribution in [1.29, 1.82) is 0 Å². The van der Waals surface area contributed by atoms with Crippen LogP contribution in [0.25, 0.3) is 0 Å². The molecule has 14 heavy (non-hydrogen) atoms. The van der Waals surface area contributed by atoms with E-state index in [0.717, 1.165) is 0 Å². The number of methoxy groups -OCH3 is 1. The van der Waals surface area contributed by atoms with Crippen LogP contribution >= 0.6 is 11.6 Å². The van der Waals surface area contributed by atoms with Crippen molar-refractivity contribution >= 4 is 11.6 Å². The van der Waals surface area contributed by atoms with Gasteiger partial charge in [0.2, 0.25) is 0 Å². The predicted octanol–water partition coefficient (Wildman–Crippen LogP) is 2.82. The topological polar surface area (TPSA) is 35.2 Å². The maximum absolute atomic E-state index is 13.7. The highest BCUT2D eigenvalue weighted by atomic mass is 35.5. The van der Waals surface area contributed by atoms with Crippen LogP contribution in [0.2, 0.25) is 5.02 Å². The van der Waals surface area contributed by atoms with Gasteiger partial charge in [-0.1, -0.05) is 11.6 Å². The minimum absolute atomic E-state index is 0.324. The number of hydrogen-bond donors (Lipinski definition) is 1. The standard InChI is InChI=1S/C10H13ClFNO/c1-5-4-7(11)10(14-3)8(6(2)13)9(5)12/h4,6H,13H2,1-3H3. The minimum Gasteiger partial charge on any atom is -0.495 e. The largest absolute Gasteiger partial charge is 0.495 e. The van der Waals surface area contributed by atoms with Crippen LogP contribution < -0.4 is 10.5 Å². The molecule has 1 aromatic rings. The number of hydrogen-bond acceptors (Lipinski definition) is 2. The average Bonchev–Trinajstić information content (AvgIpc) is 2.10. The Bertz CT molecular complexity index is 352. The molecule has 0 aromatic heterocycles. The molecular weight excluding hydrogens is 205 g/mol. The molecule has 78 valence electrons. The Morgan fingerprint density at radius 2 is 2.14 bits per heavy atom. The zero-order valence-electron chi connectivity index (χ0n) is 8.40. The molecular formula is C10H13ClFNO. The van der Waals surface area contributed by atoms with Gasteiger partial charge in [-0.15, -0.1) is 0 Å². The smallest absolute Gasteiger partial charge is 0.145 e. The van der Waals surface area contributed by atoms with E-state index in [1.165, 1.54) is 13.2 Å². The molecule has 2 N–H and O–H groups in total. The summed E-state index contributed by atoms with van der Waals surface area (Å²) in [6, 6.07) is 1.09. The molecule has 1 aromatic carbocycles. The minimum atomic E-state index is -0.442. The van der Waals surface area contributed by atoms with Crippen LogP contribution in [-0.2, 0) is 0 Å². The first-order valence-corrected chi connectivity index (χ1v) is 4.65. The van der Waals surface area contributed by atoms with Crippen LogP contribution in [-0.4, -0.2) is 7.11 Å². The maximum atomic E-state index is 13.7. The van der Waals surface area contributed by atoms with E-state index in [1.807, 2.05) is 0 Å². The van der Waals surface area contributed by atoms with E-state index in [2.05, 4.69) is 0 Å². The molecule has 0 radical (unpaired) electrons.